The lowest BCUT2D eigenvalue weighted by Gasteiger charge is -2.31. The highest BCUT2D eigenvalue weighted by atomic mass is 32.2. The molecule has 3 saturated heterocycles. The van der Waals surface area contributed by atoms with Crippen molar-refractivity contribution in [3.63, 3.8) is 0 Å². The summed E-state index contributed by atoms with van der Waals surface area (Å²) in [5.41, 5.74) is 40.2. The Bertz CT molecular complexity index is 3690. The normalized spacial score (nSPS) is 17.4. The Morgan fingerprint density at radius 3 is 1.53 bits per heavy atom. The standard InChI is InChI=1S/C69H111N23O16S.C2HF3O2/c1-39(2)32-47(86-58(98)44(17-9-26-78-68(73)74)83-63(103)52-20-12-29-91(52)65(105)45(18-10-27-79-69(75)76)84-56(96)42(71)22-23-54(72)94)59(99)89-50(37-93)61(101)87-48(34-41-35-77-38-81-41)60(100)82-43(16-7-8-25-70)57(97)80-36-55(95)90-28-11-19-51(90)62(102)85-46(24-31-109-3)66(106)92-30-13-21-53(92)64(104)88-49(67(107)108)33-40-14-5-4-6-15-40;3-2(4,5)1(6)7/h4-6,14-15,35,38-39,42-53,93H,7-13,16-34,36-37,70-71H2,1-3H3,(H2,72,94)(H,77,81)(H,80,97)(H,82,100)(H,83,103)(H,84,96)(H,85,102)(H,86,98)(H,87,101)(H,88,104)(H,89,99)(H,107,108)(H4,73,74,78)(H4,75,76,79);(H,6,7). The molecule has 4 heterocycles. The van der Waals surface area contributed by atoms with E-state index in [4.69, 9.17) is 50.0 Å². The van der Waals surface area contributed by atoms with Crippen LogP contribution in [-0.2, 0) is 84.8 Å². The minimum Gasteiger partial charge on any atom is -0.480 e. The molecule has 116 heavy (non-hydrogen) atoms. The number of likely N-dealkylation sites (tertiary alicyclic amines) is 3. The molecule has 12 atom stereocenters. The fraction of sp³-hybridized carbons (Fsp3) is 0.634. The molecule has 12 unspecified atom stereocenters. The summed E-state index contributed by atoms with van der Waals surface area (Å²) in [5, 5.41) is 51.5. The summed E-state index contributed by atoms with van der Waals surface area (Å²) in [7, 11) is 0. The molecule has 3 aliphatic heterocycles. The lowest BCUT2D eigenvalue weighted by molar-refractivity contribution is -0.192. The van der Waals surface area contributed by atoms with Gasteiger partial charge in [0, 0.05) is 63.9 Å². The van der Waals surface area contributed by atoms with Crippen molar-refractivity contribution in [1.29, 1.82) is 0 Å². The number of nitrogens with one attached hydrogen (secondary N) is 10. The van der Waals surface area contributed by atoms with Gasteiger partial charge in [0.15, 0.2) is 11.9 Å². The van der Waals surface area contributed by atoms with E-state index < -0.39 is 181 Å². The maximum absolute atomic E-state index is 14.5. The fourth-order valence-electron chi connectivity index (χ4n) is 12.9. The number of hydrogen-bond donors (Lipinski definition) is 20. The highest BCUT2D eigenvalue weighted by Gasteiger charge is 2.44. The van der Waals surface area contributed by atoms with Crippen LogP contribution >= 0.6 is 11.8 Å². The van der Waals surface area contributed by atoms with Crippen molar-refractivity contribution in [2.45, 2.75) is 215 Å². The van der Waals surface area contributed by atoms with Crippen LogP contribution in [0.3, 0.4) is 0 Å². The van der Waals surface area contributed by atoms with Crippen LogP contribution in [0.1, 0.15) is 134 Å². The molecule has 0 bridgehead atoms. The van der Waals surface area contributed by atoms with Gasteiger partial charge in [-0.3, -0.25) is 72.3 Å². The number of aliphatic hydroxyl groups excluding tert-OH is 1. The van der Waals surface area contributed by atoms with E-state index in [1.165, 1.54) is 39.0 Å². The fourth-order valence-corrected chi connectivity index (χ4v) is 13.4. The number of carboxylic acids is 2. The van der Waals surface area contributed by atoms with Gasteiger partial charge in [-0.2, -0.15) is 24.9 Å². The molecule has 1 aromatic heterocycles. The number of aliphatic hydroxyl groups is 1. The molecule has 27 N–H and O–H groups in total. The summed E-state index contributed by atoms with van der Waals surface area (Å²) in [6.45, 7) is 2.46. The first-order valence-corrected chi connectivity index (χ1v) is 39.4. The van der Waals surface area contributed by atoms with Crippen molar-refractivity contribution < 1.29 is 100 Å². The van der Waals surface area contributed by atoms with Crippen molar-refractivity contribution in [3.8, 4) is 0 Å². The zero-order chi connectivity index (χ0) is 86.4. The summed E-state index contributed by atoms with van der Waals surface area (Å²) in [4.78, 5) is 221. The van der Waals surface area contributed by atoms with E-state index in [1.54, 1.807) is 44.2 Å². The van der Waals surface area contributed by atoms with Gasteiger partial charge in [-0.05, 0) is 133 Å². The van der Waals surface area contributed by atoms with Crippen LogP contribution in [0.15, 0.2) is 52.8 Å². The van der Waals surface area contributed by atoms with Crippen LogP contribution in [0.5, 0.6) is 0 Å². The number of aromatic nitrogens is 2. The molecule has 45 heteroatoms. The Morgan fingerprint density at radius 1 is 0.578 bits per heavy atom. The Balaban J connectivity index is 0.00000386. The molecule has 13 amide bonds. The minimum absolute atomic E-state index is 0.00202. The second kappa shape index (κ2) is 49.7. The number of aromatic amines is 1. The quantitative estimate of drug-likeness (QED) is 0.0167. The first kappa shape index (κ1) is 97.4. The highest BCUT2D eigenvalue weighted by molar-refractivity contribution is 7.98. The second-order valence-corrected chi connectivity index (χ2v) is 29.3. The maximum atomic E-state index is 14.5. The van der Waals surface area contributed by atoms with E-state index >= 15 is 0 Å². The van der Waals surface area contributed by atoms with Gasteiger partial charge in [0.2, 0.25) is 76.8 Å². The topological polar surface area (TPSA) is 670 Å². The first-order valence-electron chi connectivity index (χ1n) is 38.0. The average molecular weight is 1660 g/mol. The molecule has 3 aliphatic rings. The lowest BCUT2D eigenvalue weighted by atomic mass is 10.0. The van der Waals surface area contributed by atoms with Crippen LogP contribution in [0.2, 0.25) is 0 Å². The number of carbonyl (C=O) groups is 15. The second-order valence-electron chi connectivity index (χ2n) is 28.3. The third-order valence-electron chi connectivity index (χ3n) is 18.9. The molecule has 41 nitrogen and oxygen atoms in total. The zero-order valence-corrected chi connectivity index (χ0v) is 65.9. The Kier molecular flexibility index (Phi) is 41.8. The van der Waals surface area contributed by atoms with Crippen molar-refractivity contribution in [2.24, 2.45) is 56.0 Å². The summed E-state index contributed by atoms with van der Waals surface area (Å²) in [5.74, 6) is -14.4. The Hall–Kier alpha value is -11.0. The van der Waals surface area contributed by atoms with E-state index in [9.17, 15) is 90.5 Å². The molecule has 0 saturated carbocycles. The molecule has 0 spiro atoms. The van der Waals surface area contributed by atoms with E-state index in [-0.39, 0.29) is 147 Å². The van der Waals surface area contributed by atoms with Crippen LogP contribution in [-0.4, -0.2) is 284 Å². The number of aliphatic carboxylic acids is 2. The van der Waals surface area contributed by atoms with Gasteiger partial charge in [0.05, 0.1) is 25.5 Å². The van der Waals surface area contributed by atoms with E-state index in [2.05, 4.69) is 67.8 Å². The summed E-state index contributed by atoms with van der Waals surface area (Å²) >= 11 is 1.42. The molecular weight excluding hydrogens is 1550 g/mol. The number of unbranched alkanes of at least 4 members (excludes halogenated alkanes) is 1. The number of guanidine groups is 2. The summed E-state index contributed by atoms with van der Waals surface area (Å²) in [6, 6.07) is -6.85. The average Bonchev–Trinajstić information content (AvgIpc) is 1.59. The van der Waals surface area contributed by atoms with Gasteiger partial charge >= 0.3 is 18.1 Å². The van der Waals surface area contributed by atoms with E-state index in [0.717, 1.165) is 0 Å². The number of hydrogen-bond acceptors (Lipinski definition) is 22. The number of amides is 13. The summed E-state index contributed by atoms with van der Waals surface area (Å²) < 4.78 is 31.7. The number of nitrogens with two attached hydrogens (primary N) is 7. The van der Waals surface area contributed by atoms with Gasteiger partial charge in [-0.1, -0.05) is 44.2 Å². The molecule has 5 rings (SSSR count). The third kappa shape index (κ3) is 33.5. The summed E-state index contributed by atoms with van der Waals surface area (Å²) in [6.07, 6.45) is 1.61. The largest absolute Gasteiger partial charge is 0.490 e. The predicted octanol–water partition coefficient (Wildman–Crippen LogP) is -5.50. The Morgan fingerprint density at radius 2 is 1.03 bits per heavy atom. The number of thioether (sulfide) groups is 1. The SMILES string of the molecule is CSCCC(NC(=O)C1CCCN1C(=O)CNC(=O)C(CCCCN)NC(=O)C(Cc1cnc[nH]1)NC(=O)C(CO)NC(=O)C(CC(C)C)NC(=O)C(CCCN=C(N)N)NC(=O)C1CCCN1C(=O)C(CCCN=C(N)N)NC(=O)C(N)CCC(N)=O)C(=O)N1CCCC1C(=O)NC(Cc1ccccc1)C(=O)O.O=C(O)C(F)(F)F. The smallest absolute Gasteiger partial charge is 0.480 e. The number of H-pyrrole nitrogens is 1. The molecule has 0 aliphatic carbocycles. The number of halogens is 3. The van der Waals surface area contributed by atoms with E-state index in [0.29, 0.717) is 49.1 Å². The van der Waals surface area contributed by atoms with Crippen LogP contribution in [0, 0.1) is 5.92 Å². The molecule has 0 radical (unpaired) electrons. The number of carboxylic acid groups (broad SMARTS) is 2. The molecule has 1 aromatic carbocycles. The van der Waals surface area contributed by atoms with Gasteiger partial charge in [0.25, 0.3) is 0 Å². The molecule has 3 fully saturated rings. The van der Waals surface area contributed by atoms with Crippen LogP contribution < -0.4 is 88.0 Å². The third-order valence-corrected chi connectivity index (χ3v) is 19.5. The number of rotatable bonds is 47. The number of imidazole rings is 1. The number of nitrogens with zero attached hydrogens (tertiary/aromatic N) is 6. The van der Waals surface area contributed by atoms with Crippen LogP contribution in [0.4, 0.5) is 13.2 Å². The minimum atomic E-state index is -5.08. The molecular formula is C71H112F3N23O18S. The van der Waals surface area contributed by atoms with Gasteiger partial charge in [0.1, 0.15) is 66.5 Å². The first-order chi connectivity index (χ1) is 54.9. The zero-order valence-electron chi connectivity index (χ0n) is 65.1. The number of primary amides is 1. The monoisotopic (exact) mass is 1660 g/mol. The molecule has 2 aromatic rings. The van der Waals surface area contributed by atoms with Crippen LogP contribution in [0.25, 0.3) is 0 Å². The Labute approximate surface area is 671 Å². The van der Waals surface area contributed by atoms with Gasteiger partial charge in [-0.15, -0.1) is 0 Å². The number of alkyl halides is 3. The van der Waals surface area contributed by atoms with E-state index in [1.807, 2.05) is 6.26 Å². The van der Waals surface area contributed by atoms with Gasteiger partial charge in [-0.25, -0.2) is 14.6 Å². The molecule has 646 valence electrons. The van der Waals surface area contributed by atoms with Crippen molar-refractivity contribution in [3.05, 3.63) is 54.1 Å². The van der Waals surface area contributed by atoms with Gasteiger partial charge < -0.3 is 123 Å². The van der Waals surface area contributed by atoms with Crippen molar-refractivity contribution in [1.82, 2.24) is 72.5 Å². The lowest BCUT2D eigenvalue weighted by Crippen LogP contribution is -2.61. The highest BCUT2D eigenvalue weighted by Crippen LogP contribution is 2.25. The van der Waals surface area contributed by atoms with Crippen molar-refractivity contribution >= 4 is 112 Å². The maximum Gasteiger partial charge on any atom is 0.490 e. The number of benzene rings is 1. The number of carbonyl (C=O) groups excluding carboxylic acids is 13. The van der Waals surface area contributed by atoms with Crippen molar-refractivity contribution in [2.75, 3.05) is 64.4 Å². The predicted molar refractivity (Wildman–Crippen MR) is 415 cm³/mol. The number of aliphatic imine (C=N–C) groups is 2.